The van der Waals surface area contributed by atoms with E-state index in [4.69, 9.17) is 10.5 Å². The first-order valence-corrected chi connectivity index (χ1v) is 7.00. The van der Waals surface area contributed by atoms with Crippen molar-refractivity contribution in [3.63, 3.8) is 0 Å². The minimum absolute atomic E-state index is 0.0656. The van der Waals surface area contributed by atoms with Gasteiger partial charge in [0.05, 0.1) is 12.2 Å². The summed E-state index contributed by atoms with van der Waals surface area (Å²) in [5.74, 6) is 0. The number of rotatable bonds is 6. The molecule has 2 N–H and O–H groups in total. The predicted molar refractivity (Wildman–Crippen MR) is 82.1 cm³/mol. The minimum atomic E-state index is -0.0656. The molecule has 108 valence electrons. The van der Waals surface area contributed by atoms with Gasteiger partial charge in [0, 0.05) is 24.8 Å². The van der Waals surface area contributed by atoms with Crippen molar-refractivity contribution >= 4 is 5.69 Å². The maximum Gasteiger partial charge on any atom is 0.0600 e. The van der Waals surface area contributed by atoms with Gasteiger partial charge in [-0.1, -0.05) is 12.1 Å². The molecule has 0 aromatic heterocycles. The fraction of sp³-hybridized carbons (Fsp3) is 0.625. The van der Waals surface area contributed by atoms with Crippen LogP contribution in [0.2, 0.25) is 0 Å². The lowest BCUT2D eigenvalue weighted by molar-refractivity contribution is -0.0172. The summed E-state index contributed by atoms with van der Waals surface area (Å²) >= 11 is 0. The number of nitrogen functional groups attached to an aromatic ring is 1. The smallest absolute Gasteiger partial charge is 0.0600 e. The Morgan fingerprint density at radius 2 is 1.74 bits per heavy atom. The highest BCUT2D eigenvalue weighted by Gasteiger charge is 2.13. The first kappa shape index (κ1) is 16.0. The number of hydrogen-bond acceptors (Lipinski definition) is 3. The van der Waals surface area contributed by atoms with Crippen molar-refractivity contribution in [2.45, 2.75) is 52.8 Å². The van der Waals surface area contributed by atoms with Crippen molar-refractivity contribution in [2.75, 3.05) is 18.9 Å². The number of benzene rings is 1. The summed E-state index contributed by atoms with van der Waals surface area (Å²) in [5, 5.41) is 0. The fourth-order valence-corrected chi connectivity index (χ4v) is 1.85. The van der Waals surface area contributed by atoms with Gasteiger partial charge in [-0.25, -0.2) is 0 Å². The van der Waals surface area contributed by atoms with Gasteiger partial charge in [0.2, 0.25) is 0 Å². The van der Waals surface area contributed by atoms with Crippen LogP contribution in [0.25, 0.3) is 0 Å². The van der Waals surface area contributed by atoms with Crippen LogP contribution in [0, 0.1) is 0 Å². The maximum atomic E-state index is 5.81. The van der Waals surface area contributed by atoms with E-state index in [0.717, 1.165) is 25.4 Å². The molecule has 3 heteroatoms. The number of nitrogens with two attached hydrogens (primary N) is 1. The van der Waals surface area contributed by atoms with Crippen molar-refractivity contribution in [3.8, 4) is 0 Å². The Bertz CT molecular complexity index is 365. The molecule has 0 aliphatic rings. The van der Waals surface area contributed by atoms with Gasteiger partial charge in [0.1, 0.15) is 0 Å². The zero-order chi connectivity index (χ0) is 14.5. The van der Waals surface area contributed by atoms with Crippen molar-refractivity contribution in [1.82, 2.24) is 4.90 Å². The zero-order valence-electron chi connectivity index (χ0n) is 12.9. The van der Waals surface area contributed by atoms with Gasteiger partial charge in [-0.05, 0) is 52.3 Å². The number of nitrogens with zero attached hydrogens (tertiary/aromatic N) is 1. The topological polar surface area (TPSA) is 38.5 Å². The molecule has 1 aromatic carbocycles. The van der Waals surface area contributed by atoms with Gasteiger partial charge in [-0.15, -0.1) is 0 Å². The van der Waals surface area contributed by atoms with Crippen LogP contribution in [-0.4, -0.2) is 29.7 Å². The Labute approximate surface area is 117 Å². The Hall–Kier alpha value is -1.06. The van der Waals surface area contributed by atoms with E-state index in [9.17, 15) is 0 Å². The quantitative estimate of drug-likeness (QED) is 0.801. The van der Waals surface area contributed by atoms with Gasteiger partial charge in [-0.3, -0.25) is 4.90 Å². The molecule has 1 rings (SSSR count). The third-order valence-electron chi connectivity index (χ3n) is 3.01. The van der Waals surface area contributed by atoms with Crippen LogP contribution in [0.15, 0.2) is 24.3 Å². The molecule has 0 fully saturated rings. The highest BCUT2D eigenvalue weighted by atomic mass is 16.5. The molecule has 3 nitrogen and oxygen atoms in total. The summed E-state index contributed by atoms with van der Waals surface area (Å²) in [5.41, 5.74) is 7.75. The third-order valence-corrected chi connectivity index (χ3v) is 3.01. The Kier molecular flexibility index (Phi) is 5.83. The van der Waals surface area contributed by atoms with Crippen LogP contribution in [0.3, 0.4) is 0 Å². The predicted octanol–water partition coefficient (Wildman–Crippen LogP) is 3.29. The summed E-state index contributed by atoms with van der Waals surface area (Å²) in [6.07, 6.45) is 0. The Morgan fingerprint density at radius 1 is 1.16 bits per heavy atom. The molecule has 0 bridgehead atoms. The molecule has 0 aliphatic heterocycles. The van der Waals surface area contributed by atoms with Crippen molar-refractivity contribution in [2.24, 2.45) is 0 Å². The van der Waals surface area contributed by atoms with E-state index in [1.54, 1.807) is 0 Å². The molecular formula is C16H28N2O. The second kappa shape index (κ2) is 6.92. The highest BCUT2D eigenvalue weighted by Crippen LogP contribution is 2.12. The zero-order valence-corrected chi connectivity index (χ0v) is 12.9. The lowest BCUT2D eigenvalue weighted by atomic mass is 10.1. The van der Waals surface area contributed by atoms with Crippen LogP contribution in [-0.2, 0) is 11.3 Å². The standard InChI is InChI=1S/C16H28N2O/c1-13(2)18(10-11-19-16(3,4)5)12-14-6-8-15(17)9-7-14/h6-9,13H,10-12,17H2,1-5H3. The van der Waals surface area contributed by atoms with E-state index in [1.807, 2.05) is 12.1 Å². The molecule has 1 aromatic rings. The molecular weight excluding hydrogens is 236 g/mol. The molecule has 0 aliphatic carbocycles. The first-order chi connectivity index (χ1) is 8.78. The summed E-state index contributed by atoms with van der Waals surface area (Å²) in [6.45, 7) is 13.3. The molecule has 0 heterocycles. The fourth-order valence-electron chi connectivity index (χ4n) is 1.85. The molecule has 0 amide bonds. The van der Waals surface area contributed by atoms with Crippen LogP contribution in [0.4, 0.5) is 5.69 Å². The number of ether oxygens (including phenoxy) is 1. The molecule has 19 heavy (non-hydrogen) atoms. The molecule has 0 spiro atoms. The number of hydrogen-bond donors (Lipinski definition) is 1. The lowest BCUT2D eigenvalue weighted by Crippen LogP contribution is -2.35. The van der Waals surface area contributed by atoms with E-state index in [0.29, 0.717) is 6.04 Å². The maximum absolute atomic E-state index is 5.81. The Balaban J connectivity index is 2.51. The van der Waals surface area contributed by atoms with E-state index in [-0.39, 0.29) is 5.60 Å². The molecule has 0 saturated carbocycles. The summed E-state index contributed by atoms with van der Waals surface area (Å²) in [4.78, 5) is 2.41. The average Bonchev–Trinajstić information content (AvgIpc) is 2.28. The van der Waals surface area contributed by atoms with E-state index < -0.39 is 0 Å². The van der Waals surface area contributed by atoms with Crippen LogP contribution in [0.5, 0.6) is 0 Å². The van der Waals surface area contributed by atoms with Gasteiger partial charge in [0.15, 0.2) is 0 Å². The molecule has 0 saturated heterocycles. The van der Waals surface area contributed by atoms with Gasteiger partial charge in [0.25, 0.3) is 0 Å². The van der Waals surface area contributed by atoms with Crippen LogP contribution < -0.4 is 5.73 Å². The summed E-state index contributed by atoms with van der Waals surface area (Å²) < 4.78 is 5.81. The second-order valence-corrected chi connectivity index (χ2v) is 6.27. The van der Waals surface area contributed by atoms with E-state index in [1.165, 1.54) is 5.56 Å². The van der Waals surface area contributed by atoms with Gasteiger partial charge >= 0.3 is 0 Å². The second-order valence-electron chi connectivity index (χ2n) is 6.27. The van der Waals surface area contributed by atoms with Crippen molar-refractivity contribution in [1.29, 1.82) is 0 Å². The summed E-state index contributed by atoms with van der Waals surface area (Å²) in [6, 6.07) is 8.60. The van der Waals surface area contributed by atoms with Gasteiger partial charge in [-0.2, -0.15) is 0 Å². The normalized spacial score (nSPS) is 12.4. The molecule has 0 atom stereocenters. The number of anilines is 1. The van der Waals surface area contributed by atoms with Crippen molar-refractivity contribution in [3.05, 3.63) is 29.8 Å². The lowest BCUT2D eigenvalue weighted by Gasteiger charge is -2.28. The molecule has 0 unspecified atom stereocenters. The monoisotopic (exact) mass is 264 g/mol. The van der Waals surface area contributed by atoms with E-state index >= 15 is 0 Å². The third kappa shape index (κ3) is 6.60. The van der Waals surface area contributed by atoms with Gasteiger partial charge < -0.3 is 10.5 Å². The first-order valence-electron chi connectivity index (χ1n) is 7.00. The van der Waals surface area contributed by atoms with Crippen LogP contribution >= 0.6 is 0 Å². The van der Waals surface area contributed by atoms with Crippen LogP contribution in [0.1, 0.15) is 40.2 Å². The minimum Gasteiger partial charge on any atom is -0.399 e. The SMILES string of the molecule is CC(C)N(CCOC(C)(C)C)Cc1ccc(N)cc1. The largest absolute Gasteiger partial charge is 0.399 e. The average molecular weight is 264 g/mol. The van der Waals surface area contributed by atoms with E-state index in [2.05, 4.69) is 51.7 Å². The van der Waals surface area contributed by atoms with Crippen molar-refractivity contribution < 1.29 is 4.74 Å². The summed E-state index contributed by atoms with van der Waals surface area (Å²) in [7, 11) is 0. The molecule has 0 radical (unpaired) electrons. The Morgan fingerprint density at radius 3 is 2.21 bits per heavy atom. The highest BCUT2D eigenvalue weighted by molar-refractivity contribution is 5.39.